The molecule has 0 saturated carbocycles. The van der Waals surface area contributed by atoms with Crippen molar-refractivity contribution < 1.29 is 13.2 Å². The van der Waals surface area contributed by atoms with Gasteiger partial charge in [-0.1, -0.05) is 11.6 Å². The first-order valence-electron chi connectivity index (χ1n) is 6.27. The maximum Gasteiger partial charge on any atom is 0.243 e. The summed E-state index contributed by atoms with van der Waals surface area (Å²) in [6.07, 6.45) is 5.78. The summed E-state index contributed by atoms with van der Waals surface area (Å²) in [5.41, 5.74) is 0. The molecule has 2 aromatic rings. The van der Waals surface area contributed by atoms with Gasteiger partial charge in [0, 0.05) is 31.5 Å². The molecular formula is C12H15ClN4O3S. The van der Waals surface area contributed by atoms with Crippen molar-refractivity contribution in [3.05, 3.63) is 35.9 Å². The molecule has 9 heteroatoms. The quantitative estimate of drug-likeness (QED) is 0.773. The molecule has 0 aliphatic heterocycles. The van der Waals surface area contributed by atoms with E-state index in [4.69, 9.17) is 16.3 Å². The SMILES string of the molecule is CCn1cc(S(=O)(=O)NCCOc2cncc(Cl)c2)cn1. The zero-order chi connectivity index (χ0) is 15.3. The monoisotopic (exact) mass is 330 g/mol. The van der Waals surface area contributed by atoms with E-state index < -0.39 is 10.0 Å². The summed E-state index contributed by atoms with van der Waals surface area (Å²) >= 11 is 5.76. The molecule has 0 aliphatic rings. The lowest BCUT2D eigenvalue weighted by molar-refractivity contribution is 0.321. The molecule has 1 N–H and O–H groups in total. The number of hydrogen-bond acceptors (Lipinski definition) is 5. The van der Waals surface area contributed by atoms with Crippen LogP contribution in [0.1, 0.15) is 6.92 Å². The van der Waals surface area contributed by atoms with Crippen LogP contribution in [0.5, 0.6) is 5.75 Å². The van der Waals surface area contributed by atoms with Gasteiger partial charge in [0.25, 0.3) is 0 Å². The number of sulfonamides is 1. The average Bonchev–Trinajstić information content (AvgIpc) is 2.93. The van der Waals surface area contributed by atoms with Crippen molar-refractivity contribution in [2.75, 3.05) is 13.2 Å². The molecule has 0 amide bonds. The summed E-state index contributed by atoms with van der Waals surface area (Å²) in [5.74, 6) is 0.487. The van der Waals surface area contributed by atoms with Gasteiger partial charge in [-0.2, -0.15) is 5.10 Å². The second-order valence-corrected chi connectivity index (χ2v) is 6.32. The molecule has 21 heavy (non-hydrogen) atoms. The number of nitrogens with one attached hydrogen (secondary N) is 1. The van der Waals surface area contributed by atoms with Crippen molar-refractivity contribution in [3.8, 4) is 5.75 Å². The highest BCUT2D eigenvalue weighted by Gasteiger charge is 2.15. The van der Waals surface area contributed by atoms with Crippen LogP contribution in [0.2, 0.25) is 5.02 Å². The molecule has 0 aliphatic carbocycles. The summed E-state index contributed by atoms with van der Waals surface area (Å²) in [6, 6.07) is 1.61. The normalized spacial score (nSPS) is 11.5. The van der Waals surface area contributed by atoms with Crippen LogP contribution >= 0.6 is 11.6 Å². The molecule has 114 valence electrons. The predicted octanol–water partition coefficient (Wildman–Crippen LogP) is 1.31. The average molecular weight is 331 g/mol. The molecule has 0 aromatic carbocycles. The molecule has 2 aromatic heterocycles. The number of aromatic nitrogens is 3. The Kier molecular flexibility index (Phi) is 5.16. The second kappa shape index (κ2) is 6.88. The van der Waals surface area contributed by atoms with Gasteiger partial charge in [-0.25, -0.2) is 13.1 Å². The van der Waals surface area contributed by atoms with Crippen molar-refractivity contribution in [1.29, 1.82) is 0 Å². The standard InChI is InChI=1S/C12H15ClN4O3S/c1-2-17-9-12(8-15-17)21(18,19)16-3-4-20-11-5-10(13)6-14-7-11/h5-9,16H,2-4H2,1H3. The molecule has 0 fully saturated rings. The number of pyridine rings is 1. The van der Waals surface area contributed by atoms with Gasteiger partial charge in [0.1, 0.15) is 17.3 Å². The van der Waals surface area contributed by atoms with Gasteiger partial charge in [-0.05, 0) is 6.92 Å². The molecule has 0 saturated heterocycles. The first-order valence-corrected chi connectivity index (χ1v) is 8.13. The van der Waals surface area contributed by atoms with Crippen LogP contribution in [0.15, 0.2) is 35.7 Å². The summed E-state index contributed by atoms with van der Waals surface area (Å²) in [4.78, 5) is 4.00. The molecule has 2 heterocycles. The van der Waals surface area contributed by atoms with E-state index in [0.29, 0.717) is 17.3 Å². The Morgan fingerprint density at radius 2 is 2.19 bits per heavy atom. The highest BCUT2D eigenvalue weighted by Crippen LogP contribution is 2.14. The fourth-order valence-electron chi connectivity index (χ4n) is 1.56. The molecular weight excluding hydrogens is 316 g/mol. The van der Waals surface area contributed by atoms with Gasteiger partial charge < -0.3 is 4.74 Å². The van der Waals surface area contributed by atoms with Gasteiger partial charge >= 0.3 is 0 Å². The van der Waals surface area contributed by atoms with Crippen LogP contribution in [0.25, 0.3) is 0 Å². The Balaban J connectivity index is 1.85. The Hall–Kier alpha value is -1.64. The maximum atomic E-state index is 12.0. The lowest BCUT2D eigenvalue weighted by Crippen LogP contribution is -2.28. The minimum atomic E-state index is -3.57. The highest BCUT2D eigenvalue weighted by molar-refractivity contribution is 7.89. The van der Waals surface area contributed by atoms with E-state index in [9.17, 15) is 8.42 Å². The lowest BCUT2D eigenvalue weighted by atomic mass is 10.5. The number of hydrogen-bond donors (Lipinski definition) is 1. The van der Waals surface area contributed by atoms with E-state index in [-0.39, 0.29) is 18.0 Å². The fraction of sp³-hybridized carbons (Fsp3) is 0.333. The van der Waals surface area contributed by atoms with Crippen LogP contribution in [0, 0.1) is 0 Å². The molecule has 0 spiro atoms. The first kappa shape index (κ1) is 15.7. The van der Waals surface area contributed by atoms with E-state index in [1.54, 1.807) is 10.7 Å². The fourth-order valence-corrected chi connectivity index (χ4v) is 2.68. The van der Waals surface area contributed by atoms with Gasteiger partial charge in [-0.3, -0.25) is 9.67 Å². The van der Waals surface area contributed by atoms with E-state index in [0.717, 1.165) is 0 Å². The molecule has 0 radical (unpaired) electrons. The Morgan fingerprint density at radius 3 is 2.86 bits per heavy atom. The third kappa shape index (κ3) is 4.42. The van der Waals surface area contributed by atoms with E-state index in [1.807, 2.05) is 6.92 Å². The highest BCUT2D eigenvalue weighted by atomic mass is 35.5. The smallest absolute Gasteiger partial charge is 0.243 e. The molecule has 0 atom stereocenters. The number of nitrogens with zero attached hydrogens (tertiary/aromatic N) is 3. The number of halogens is 1. The third-order valence-electron chi connectivity index (χ3n) is 2.59. The van der Waals surface area contributed by atoms with Crippen molar-refractivity contribution in [2.45, 2.75) is 18.4 Å². The number of rotatable bonds is 7. The summed E-state index contributed by atoms with van der Waals surface area (Å²) < 4.78 is 33.3. The lowest BCUT2D eigenvalue weighted by Gasteiger charge is -2.07. The van der Waals surface area contributed by atoms with Crippen molar-refractivity contribution in [2.24, 2.45) is 0 Å². The van der Waals surface area contributed by atoms with Crippen LogP contribution in [0.4, 0.5) is 0 Å². The number of ether oxygens (including phenoxy) is 1. The Labute approximate surface area is 128 Å². The van der Waals surface area contributed by atoms with Crippen LogP contribution < -0.4 is 9.46 Å². The second-order valence-electron chi connectivity index (χ2n) is 4.12. The van der Waals surface area contributed by atoms with Crippen molar-refractivity contribution in [1.82, 2.24) is 19.5 Å². The molecule has 2 rings (SSSR count). The minimum absolute atomic E-state index is 0.131. The van der Waals surface area contributed by atoms with Gasteiger partial charge in [0.05, 0.1) is 17.4 Å². The van der Waals surface area contributed by atoms with Crippen LogP contribution in [0.3, 0.4) is 0 Å². The predicted molar refractivity (Wildman–Crippen MR) is 77.8 cm³/mol. The molecule has 7 nitrogen and oxygen atoms in total. The van der Waals surface area contributed by atoms with E-state index >= 15 is 0 Å². The van der Waals surface area contributed by atoms with E-state index in [2.05, 4.69) is 14.8 Å². The van der Waals surface area contributed by atoms with Crippen molar-refractivity contribution >= 4 is 21.6 Å². The van der Waals surface area contributed by atoms with E-state index in [1.165, 1.54) is 24.8 Å². The zero-order valence-corrected chi connectivity index (χ0v) is 12.9. The Morgan fingerprint density at radius 1 is 1.38 bits per heavy atom. The van der Waals surface area contributed by atoms with Gasteiger partial charge in [0.2, 0.25) is 10.0 Å². The zero-order valence-electron chi connectivity index (χ0n) is 11.4. The summed E-state index contributed by atoms with van der Waals surface area (Å²) in [5, 5.41) is 4.39. The van der Waals surface area contributed by atoms with Crippen LogP contribution in [-0.4, -0.2) is 36.3 Å². The largest absolute Gasteiger partial charge is 0.491 e. The summed E-state index contributed by atoms with van der Waals surface area (Å²) in [6.45, 7) is 2.79. The van der Waals surface area contributed by atoms with Gasteiger partial charge in [-0.15, -0.1) is 0 Å². The Bertz CT molecular complexity index is 702. The topological polar surface area (TPSA) is 86.1 Å². The summed E-state index contributed by atoms with van der Waals surface area (Å²) in [7, 11) is -3.57. The first-order chi connectivity index (χ1) is 10.0. The molecule has 0 unspecified atom stereocenters. The third-order valence-corrected chi connectivity index (χ3v) is 4.21. The maximum absolute atomic E-state index is 12.0. The minimum Gasteiger partial charge on any atom is -0.491 e. The molecule has 0 bridgehead atoms. The van der Waals surface area contributed by atoms with Crippen molar-refractivity contribution in [3.63, 3.8) is 0 Å². The van der Waals surface area contributed by atoms with Crippen LogP contribution in [-0.2, 0) is 16.6 Å². The van der Waals surface area contributed by atoms with Gasteiger partial charge in [0.15, 0.2) is 0 Å². The number of aryl methyl sites for hydroxylation is 1.